The Morgan fingerprint density at radius 3 is 2.31 bits per heavy atom. The van der Waals surface area contributed by atoms with E-state index in [-0.39, 0.29) is 5.75 Å². The summed E-state index contributed by atoms with van der Waals surface area (Å²) < 4.78 is 0. The Morgan fingerprint density at radius 1 is 1.00 bits per heavy atom. The molecule has 0 atom stereocenters. The van der Waals surface area contributed by atoms with Gasteiger partial charge in [0, 0.05) is 5.56 Å². The summed E-state index contributed by atoms with van der Waals surface area (Å²) in [5, 5.41) is 8.92. The zero-order valence-electron chi connectivity index (χ0n) is 8.35. The number of hydrogen-bond donors (Lipinski definition) is 1. The topological polar surface area (TPSA) is 37.3 Å². The average Bonchev–Trinajstić information content (AvgIpc) is 2.29. The number of carbonyl (C=O) groups excluding carboxylic acids is 1. The molecule has 0 saturated heterocycles. The summed E-state index contributed by atoms with van der Waals surface area (Å²) >= 11 is 5.38. The molecular formula is C13H9ClO2. The first-order valence-electron chi connectivity index (χ1n) is 4.76. The highest BCUT2D eigenvalue weighted by Crippen LogP contribution is 2.25. The highest BCUT2D eigenvalue weighted by molar-refractivity contribution is 6.67. The van der Waals surface area contributed by atoms with E-state index in [1.807, 2.05) is 30.3 Å². The second kappa shape index (κ2) is 4.37. The van der Waals surface area contributed by atoms with Crippen molar-refractivity contribution >= 4 is 16.8 Å². The van der Waals surface area contributed by atoms with Gasteiger partial charge in [0.25, 0.3) is 5.24 Å². The summed E-state index contributed by atoms with van der Waals surface area (Å²) in [6.07, 6.45) is 0. The Labute approximate surface area is 98.1 Å². The van der Waals surface area contributed by atoms with Crippen LogP contribution in [0.1, 0.15) is 10.4 Å². The molecule has 2 aromatic rings. The van der Waals surface area contributed by atoms with Gasteiger partial charge in [-0.15, -0.1) is 0 Å². The zero-order chi connectivity index (χ0) is 11.5. The van der Waals surface area contributed by atoms with E-state index in [2.05, 4.69) is 0 Å². The third kappa shape index (κ3) is 2.23. The van der Waals surface area contributed by atoms with Gasteiger partial charge in [0.1, 0.15) is 5.75 Å². The van der Waals surface area contributed by atoms with Crippen LogP contribution >= 0.6 is 11.6 Å². The fourth-order valence-corrected chi connectivity index (χ4v) is 1.63. The second-order valence-electron chi connectivity index (χ2n) is 3.41. The van der Waals surface area contributed by atoms with E-state index in [9.17, 15) is 9.90 Å². The van der Waals surface area contributed by atoms with E-state index in [1.54, 1.807) is 12.1 Å². The van der Waals surface area contributed by atoms with Crippen LogP contribution in [0.5, 0.6) is 5.75 Å². The van der Waals surface area contributed by atoms with Crippen LogP contribution in [0.3, 0.4) is 0 Å². The zero-order valence-corrected chi connectivity index (χ0v) is 9.11. The molecular weight excluding hydrogens is 224 g/mol. The fourth-order valence-electron chi connectivity index (χ4n) is 1.52. The Kier molecular flexibility index (Phi) is 2.93. The van der Waals surface area contributed by atoms with Crippen LogP contribution < -0.4 is 0 Å². The Morgan fingerprint density at radius 2 is 1.69 bits per heavy atom. The van der Waals surface area contributed by atoms with Crippen LogP contribution in [0.15, 0.2) is 48.5 Å². The average molecular weight is 233 g/mol. The normalized spacial score (nSPS) is 10.1. The molecule has 80 valence electrons. The largest absolute Gasteiger partial charge is 0.508 e. The lowest BCUT2D eigenvalue weighted by Crippen LogP contribution is -1.89. The van der Waals surface area contributed by atoms with E-state index in [1.165, 1.54) is 6.07 Å². The number of carbonyl (C=O) groups is 1. The number of hydrogen-bond acceptors (Lipinski definition) is 2. The van der Waals surface area contributed by atoms with Crippen molar-refractivity contribution in [2.75, 3.05) is 0 Å². The van der Waals surface area contributed by atoms with Crippen molar-refractivity contribution in [3.63, 3.8) is 0 Å². The SMILES string of the molecule is O=C(Cl)c1cc(O)cc(-c2ccccc2)c1. The van der Waals surface area contributed by atoms with Crippen LogP contribution in [0.2, 0.25) is 0 Å². The molecule has 0 fully saturated rings. The first-order chi connectivity index (χ1) is 7.66. The predicted molar refractivity (Wildman–Crippen MR) is 63.7 cm³/mol. The molecule has 0 aliphatic carbocycles. The first kappa shape index (κ1) is 10.7. The second-order valence-corrected chi connectivity index (χ2v) is 3.75. The molecule has 0 amide bonds. The quantitative estimate of drug-likeness (QED) is 0.806. The molecule has 16 heavy (non-hydrogen) atoms. The summed E-state index contributed by atoms with van der Waals surface area (Å²) in [4.78, 5) is 11.0. The van der Waals surface area contributed by atoms with Crippen LogP contribution in [0.4, 0.5) is 0 Å². The van der Waals surface area contributed by atoms with Crippen molar-refractivity contribution in [1.82, 2.24) is 0 Å². The molecule has 0 saturated carbocycles. The molecule has 0 aromatic heterocycles. The van der Waals surface area contributed by atoms with Gasteiger partial charge >= 0.3 is 0 Å². The molecule has 0 heterocycles. The molecule has 0 aliphatic heterocycles. The summed E-state index contributed by atoms with van der Waals surface area (Å²) in [6.45, 7) is 0. The first-order valence-corrected chi connectivity index (χ1v) is 5.14. The molecule has 0 spiro atoms. The summed E-state index contributed by atoms with van der Waals surface area (Å²) in [7, 11) is 0. The minimum absolute atomic E-state index is 0.0327. The lowest BCUT2D eigenvalue weighted by molar-refractivity contribution is 0.108. The van der Waals surface area contributed by atoms with Crippen molar-refractivity contribution in [2.24, 2.45) is 0 Å². The molecule has 2 nitrogen and oxygen atoms in total. The number of halogens is 1. The maximum Gasteiger partial charge on any atom is 0.252 e. The highest BCUT2D eigenvalue weighted by atomic mass is 35.5. The van der Waals surface area contributed by atoms with Crippen LogP contribution in [0, 0.1) is 0 Å². The standard InChI is InChI=1S/C13H9ClO2/c14-13(16)11-6-10(7-12(15)8-11)9-4-2-1-3-5-9/h1-8,15H. The third-order valence-electron chi connectivity index (χ3n) is 2.25. The van der Waals surface area contributed by atoms with Crippen LogP contribution in [0.25, 0.3) is 11.1 Å². The predicted octanol–water partition coefficient (Wildman–Crippen LogP) is 3.44. The van der Waals surface area contributed by atoms with Crippen molar-refractivity contribution in [3.8, 4) is 16.9 Å². The van der Waals surface area contributed by atoms with E-state index < -0.39 is 5.24 Å². The maximum absolute atomic E-state index is 11.0. The van der Waals surface area contributed by atoms with Gasteiger partial charge in [0.15, 0.2) is 0 Å². The molecule has 1 N–H and O–H groups in total. The van der Waals surface area contributed by atoms with Gasteiger partial charge < -0.3 is 5.11 Å². The molecule has 0 aliphatic rings. The van der Waals surface area contributed by atoms with Crippen LogP contribution in [-0.4, -0.2) is 10.3 Å². The highest BCUT2D eigenvalue weighted by Gasteiger charge is 2.06. The van der Waals surface area contributed by atoms with E-state index in [0.29, 0.717) is 5.56 Å². The minimum Gasteiger partial charge on any atom is -0.508 e. The van der Waals surface area contributed by atoms with Crippen LogP contribution in [-0.2, 0) is 0 Å². The Bertz CT molecular complexity index is 521. The Balaban J connectivity index is 2.54. The lowest BCUT2D eigenvalue weighted by atomic mass is 10.0. The smallest absolute Gasteiger partial charge is 0.252 e. The third-order valence-corrected chi connectivity index (χ3v) is 2.47. The molecule has 0 bridgehead atoms. The van der Waals surface area contributed by atoms with Gasteiger partial charge in [-0.1, -0.05) is 30.3 Å². The molecule has 3 heteroatoms. The molecule has 2 rings (SSSR count). The van der Waals surface area contributed by atoms with E-state index >= 15 is 0 Å². The van der Waals surface area contributed by atoms with Gasteiger partial charge in [-0.05, 0) is 40.9 Å². The summed E-state index contributed by atoms with van der Waals surface area (Å²) in [6, 6.07) is 14.1. The van der Waals surface area contributed by atoms with Crippen molar-refractivity contribution in [1.29, 1.82) is 0 Å². The molecule has 2 aromatic carbocycles. The number of rotatable bonds is 2. The number of benzene rings is 2. The molecule has 0 unspecified atom stereocenters. The van der Waals surface area contributed by atoms with Gasteiger partial charge in [-0.25, -0.2) is 0 Å². The summed E-state index contributed by atoms with van der Waals surface area (Å²) in [5.74, 6) is 0.0327. The van der Waals surface area contributed by atoms with Crippen molar-refractivity contribution in [3.05, 3.63) is 54.1 Å². The maximum atomic E-state index is 11.0. The van der Waals surface area contributed by atoms with Gasteiger partial charge in [0.05, 0.1) is 0 Å². The van der Waals surface area contributed by atoms with Gasteiger partial charge in [-0.3, -0.25) is 4.79 Å². The lowest BCUT2D eigenvalue weighted by Gasteiger charge is -2.04. The number of phenolic OH excluding ortho intramolecular Hbond substituents is 1. The van der Waals surface area contributed by atoms with E-state index in [0.717, 1.165) is 11.1 Å². The summed E-state index contributed by atoms with van der Waals surface area (Å²) in [5.41, 5.74) is 1.99. The van der Waals surface area contributed by atoms with Gasteiger partial charge in [-0.2, -0.15) is 0 Å². The fraction of sp³-hybridized carbons (Fsp3) is 0. The molecule has 0 radical (unpaired) electrons. The monoisotopic (exact) mass is 232 g/mol. The minimum atomic E-state index is -0.576. The van der Waals surface area contributed by atoms with E-state index in [4.69, 9.17) is 11.6 Å². The van der Waals surface area contributed by atoms with Gasteiger partial charge in [0.2, 0.25) is 0 Å². The van der Waals surface area contributed by atoms with Crippen molar-refractivity contribution < 1.29 is 9.90 Å². The number of aromatic hydroxyl groups is 1. The van der Waals surface area contributed by atoms with Crippen molar-refractivity contribution in [2.45, 2.75) is 0 Å². The number of phenols is 1. The Hall–Kier alpha value is -1.80.